The van der Waals surface area contributed by atoms with Gasteiger partial charge in [0.2, 0.25) is 0 Å². The quantitative estimate of drug-likeness (QED) is 0.803. The van der Waals surface area contributed by atoms with Crippen molar-refractivity contribution in [1.82, 2.24) is 25.0 Å². The summed E-state index contributed by atoms with van der Waals surface area (Å²) < 4.78 is 15.4. The molecule has 160 valence electrons. The Morgan fingerprint density at radius 1 is 1.13 bits per heavy atom. The molecule has 2 saturated carbocycles. The van der Waals surface area contributed by atoms with Gasteiger partial charge in [0, 0.05) is 25.6 Å². The molecular weight excluding hydrogens is 381 g/mol. The SMILES string of the molecule is CC1c2nnc(C3CCCC3)n2CCN1C(=O)NCC1(Cc2ccc(F)cc2)CC1. The van der Waals surface area contributed by atoms with Gasteiger partial charge in [-0.05, 0) is 62.1 Å². The van der Waals surface area contributed by atoms with Crippen LogP contribution in [0.15, 0.2) is 24.3 Å². The predicted molar refractivity (Wildman–Crippen MR) is 112 cm³/mol. The monoisotopic (exact) mass is 411 g/mol. The highest BCUT2D eigenvalue weighted by Crippen LogP contribution is 2.48. The van der Waals surface area contributed by atoms with E-state index >= 15 is 0 Å². The third-order valence-corrected chi connectivity index (χ3v) is 7.26. The zero-order valence-electron chi connectivity index (χ0n) is 17.6. The molecule has 7 heteroatoms. The second-order valence-corrected chi connectivity index (χ2v) is 9.38. The fourth-order valence-corrected chi connectivity index (χ4v) is 5.16. The van der Waals surface area contributed by atoms with Crippen LogP contribution in [-0.2, 0) is 13.0 Å². The molecule has 2 heterocycles. The topological polar surface area (TPSA) is 63.1 Å². The van der Waals surface area contributed by atoms with E-state index in [4.69, 9.17) is 0 Å². The first-order chi connectivity index (χ1) is 14.5. The molecule has 1 aromatic carbocycles. The van der Waals surface area contributed by atoms with Crippen molar-refractivity contribution in [1.29, 1.82) is 0 Å². The number of halogens is 1. The Morgan fingerprint density at radius 2 is 1.83 bits per heavy atom. The van der Waals surface area contributed by atoms with Crippen LogP contribution < -0.4 is 5.32 Å². The van der Waals surface area contributed by atoms with Crippen LogP contribution in [0.2, 0.25) is 0 Å². The number of hydrogen-bond donors (Lipinski definition) is 1. The molecule has 1 aromatic heterocycles. The normalized spacial score (nSPS) is 22.7. The molecule has 5 rings (SSSR count). The maximum absolute atomic E-state index is 13.2. The number of hydrogen-bond acceptors (Lipinski definition) is 3. The van der Waals surface area contributed by atoms with Crippen molar-refractivity contribution in [3.8, 4) is 0 Å². The van der Waals surface area contributed by atoms with Gasteiger partial charge in [-0.3, -0.25) is 0 Å². The summed E-state index contributed by atoms with van der Waals surface area (Å²) in [5.41, 5.74) is 1.24. The molecule has 2 aromatic rings. The second kappa shape index (κ2) is 7.67. The van der Waals surface area contributed by atoms with Crippen molar-refractivity contribution in [3.05, 3.63) is 47.3 Å². The third-order valence-electron chi connectivity index (χ3n) is 7.26. The number of fused-ring (bicyclic) bond motifs is 1. The molecule has 2 fully saturated rings. The zero-order chi connectivity index (χ0) is 20.7. The molecule has 1 N–H and O–H groups in total. The van der Waals surface area contributed by atoms with Gasteiger partial charge in [-0.2, -0.15) is 0 Å². The minimum absolute atomic E-state index is 0.0236. The van der Waals surface area contributed by atoms with E-state index in [1.165, 1.54) is 37.8 Å². The number of carbonyl (C=O) groups is 1. The number of carbonyl (C=O) groups excluding carboxylic acids is 1. The van der Waals surface area contributed by atoms with Crippen molar-refractivity contribution in [2.75, 3.05) is 13.1 Å². The minimum atomic E-state index is -0.208. The van der Waals surface area contributed by atoms with Crippen molar-refractivity contribution < 1.29 is 9.18 Å². The van der Waals surface area contributed by atoms with Gasteiger partial charge < -0.3 is 14.8 Å². The Balaban J connectivity index is 1.20. The summed E-state index contributed by atoms with van der Waals surface area (Å²) in [5, 5.41) is 12.1. The van der Waals surface area contributed by atoms with Crippen molar-refractivity contribution in [3.63, 3.8) is 0 Å². The largest absolute Gasteiger partial charge is 0.337 e. The van der Waals surface area contributed by atoms with Crippen molar-refractivity contribution in [2.45, 2.75) is 70.4 Å². The Hall–Kier alpha value is -2.44. The molecule has 1 aliphatic heterocycles. The second-order valence-electron chi connectivity index (χ2n) is 9.38. The highest BCUT2D eigenvalue weighted by atomic mass is 19.1. The first-order valence-electron chi connectivity index (χ1n) is 11.3. The summed E-state index contributed by atoms with van der Waals surface area (Å²) in [6.07, 6.45) is 8.02. The molecule has 3 aliphatic rings. The molecule has 1 atom stereocenters. The van der Waals surface area contributed by atoms with E-state index in [9.17, 15) is 9.18 Å². The molecule has 0 spiro atoms. The van der Waals surface area contributed by atoms with Crippen LogP contribution in [0.5, 0.6) is 0 Å². The number of urea groups is 1. The van der Waals surface area contributed by atoms with Crippen LogP contribution in [0, 0.1) is 11.2 Å². The van der Waals surface area contributed by atoms with Crippen LogP contribution in [0.3, 0.4) is 0 Å². The number of aromatic nitrogens is 3. The smallest absolute Gasteiger partial charge is 0.318 e. The lowest BCUT2D eigenvalue weighted by molar-refractivity contribution is 0.157. The number of nitrogens with one attached hydrogen (secondary N) is 1. The Labute approximate surface area is 176 Å². The van der Waals surface area contributed by atoms with Crippen molar-refractivity contribution in [2.24, 2.45) is 5.41 Å². The van der Waals surface area contributed by atoms with Gasteiger partial charge >= 0.3 is 6.03 Å². The highest BCUT2D eigenvalue weighted by molar-refractivity contribution is 5.74. The minimum Gasteiger partial charge on any atom is -0.337 e. The fraction of sp³-hybridized carbons (Fsp3) is 0.609. The van der Waals surface area contributed by atoms with E-state index in [2.05, 4.69) is 20.1 Å². The predicted octanol–water partition coefficient (Wildman–Crippen LogP) is 4.18. The van der Waals surface area contributed by atoms with Crippen LogP contribution in [0.4, 0.5) is 9.18 Å². The van der Waals surface area contributed by atoms with E-state index in [1.807, 2.05) is 24.0 Å². The number of amides is 2. The van der Waals surface area contributed by atoms with Crippen molar-refractivity contribution >= 4 is 6.03 Å². The summed E-state index contributed by atoms with van der Waals surface area (Å²) in [6, 6.07) is 6.61. The van der Waals surface area contributed by atoms with E-state index in [1.54, 1.807) is 0 Å². The van der Waals surface area contributed by atoms with Gasteiger partial charge in [0.25, 0.3) is 0 Å². The number of nitrogens with zero attached hydrogens (tertiary/aromatic N) is 4. The first-order valence-corrected chi connectivity index (χ1v) is 11.3. The average molecular weight is 412 g/mol. The highest BCUT2D eigenvalue weighted by Gasteiger charge is 2.43. The first kappa shape index (κ1) is 19.5. The summed E-state index contributed by atoms with van der Waals surface area (Å²) in [4.78, 5) is 14.8. The zero-order valence-corrected chi connectivity index (χ0v) is 17.6. The fourth-order valence-electron chi connectivity index (χ4n) is 5.16. The van der Waals surface area contributed by atoms with Crippen LogP contribution in [0.1, 0.15) is 74.6 Å². The standard InChI is InChI=1S/C23H30FN5O/c1-16-20-26-27-21(18-4-2-3-5-18)29(20)13-12-28(16)22(30)25-15-23(10-11-23)14-17-6-8-19(24)9-7-17/h6-9,16,18H,2-5,10-15H2,1H3,(H,25,30). The Bertz CT molecular complexity index is 914. The van der Waals surface area contributed by atoms with Gasteiger partial charge in [-0.1, -0.05) is 25.0 Å². The lowest BCUT2D eigenvalue weighted by Gasteiger charge is -2.34. The lowest BCUT2D eigenvalue weighted by atomic mass is 9.96. The maximum atomic E-state index is 13.2. The Kier molecular flexibility index (Phi) is 4.99. The summed E-state index contributed by atoms with van der Waals surface area (Å²) in [7, 11) is 0. The molecule has 2 amide bonds. The lowest BCUT2D eigenvalue weighted by Crippen LogP contribution is -2.48. The molecule has 2 aliphatic carbocycles. The summed E-state index contributed by atoms with van der Waals surface area (Å²) in [6.45, 7) is 4.16. The molecular formula is C23H30FN5O. The number of benzene rings is 1. The Morgan fingerprint density at radius 3 is 2.53 bits per heavy atom. The van der Waals surface area contributed by atoms with Gasteiger partial charge in [0.05, 0.1) is 6.04 Å². The van der Waals surface area contributed by atoms with E-state index < -0.39 is 0 Å². The third kappa shape index (κ3) is 3.70. The van der Waals surface area contributed by atoms with Crippen LogP contribution in [0.25, 0.3) is 0 Å². The molecule has 1 unspecified atom stereocenters. The summed E-state index contributed by atoms with van der Waals surface area (Å²) >= 11 is 0. The molecule has 0 bridgehead atoms. The molecule has 30 heavy (non-hydrogen) atoms. The molecule has 0 radical (unpaired) electrons. The van der Waals surface area contributed by atoms with E-state index in [0.717, 1.165) is 43.0 Å². The van der Waals surface area contributed by atoms with Crippen LogP contribution >= 0.6 is 0 Å². The van der Waals surface area contributed by atoms with E-state index in [-0.39, 0.29) is 23.3 Å². The van der Waals surface area contributed by atoms with Gasteiger partial charge in [-0.15, -0.1) is 10.2 Å². The summed E-state index contributed by atoms with van der Waals surface area (Å²) in [5.74, 6) is 2.34. The van der Waals surface area contributed by atoms with E-state index in [0.29, 0.717) is 19.0 Å². The average Bonchev–Trinajstić information content (AvgIpc) is 3.13. The van der Waals surface area contributed by atoms with Crippen LogP contribution in [-0.4, -0.2) is 38.8 Å². The number of rotatable bonds is 5. The molecule has 6 nitrogen and oxygen atoms in total. The molecule has 0 saturated heterocycles. The van der Waals surface area contributed by atoms with Gasteiger partial charge in [0.1, 0.15) is 11.6 Å². The van der Waals surface area contributed by atoms with Gasteiger partial charge in [-0.25, -0.2) is 9.18 Å². The maximum Gasteiger partial charge on any atom is 0.318 e. The van der Waals surface area contributed by atoms with Gasteiger partial charge in [0.15, 0.2) is 5.82 Å².